The Bertz CT molecular complexity index is 378. The number of amides is 1. The van der Waals surface area contributed by atoms with Crippen molar-refractivity contribution in [2.45, 2.75) is 63.6 Å². The zero-order valence-corrected chi connectivity index (χ0v) is 14.1. The molecule has 5 heteroatoms. The van der Waals surface area contributed by atoms with Crippen molar-refractivity contribution in [3.8, 4) is 0 Å². The van der Waals surface area contributed by atoms with Gasteiger partial charge < -0.3 is 14.4 Å². The predicted octanol–water partition coefficient (Wildman–Crippen LogP) is 2.50. The number of fused-ring (bicyclic) bond motifs is 1. The van der Waals surface area contributed by atoms with Crippen LogP contribution in [-0.4, -0.2) is 66.9 Å². The van der Waals surface area contributed by atoms with Gasteiger partial charge in [-0.3, -0.25) is 4.90 Å². The smallest absolute Gasteiger partial charge is 0.409 e. The quantitative estimate of drug-likeness (QED) is 0.800. The predicted molar refractivity (Wildman–Crippen MR) is 82.4 cm³/mol. The van der Waals surface area contributed by atoms with E-state index in [4.69, 9.17) is 9.47 Å². The third-order valence-electron chi connectivity index (χ3n) is 4.57. The molecule has 0 aliphatic carbocycles. The SMILES string of the molecule is CN(C)C(=O)OC[C@H]1CC[C@@]2(COC(C)(C)C)CCCN12. The molecule has 2 fully saturated rings. The summed E-state index contributed by atoms with van der Waals surface area (Å²) in [7, 11) is 3.43. The van der Waals surface area contributed by atoms with E-state index in [1.54, 1.807) is 14.1 Å². The minimum atomic E-state index is -0.252. The molecule has 5 nitrogen and oxygen atoms in total. The Balaban J connectivity index is 1.92. The summed E-state index contributed by atoms with van der Waals surface area (Å²) < 4.78 is 11.5. The second kappa shape index (κ2) is 6.13. The average molecular weight is 298 g/mol. The maximum Gasteiger partial charge on any atom is 0.409 e. The average Bonchev–Trinajstić information content (AvgIpc) is 2.92. The van der Waals surface area contributed by atoms with Crippen LogP contribution in [0.25, 0.3) is 0 Å². The molecule has 0 saturated carbocycles. The molecule has 0 aromatic rings. The third kappa shape index (κ3) is 3.89. The molecule has 2 aliphatic rings. The summed E-state index contributed by atoms with van der Waals surface area (Å²) in [5.74, 6) is 0. The molecule has 1 amide bonds. The Labute approximate surface area is 128 Å². The van der Waals surface area contributed by atoms with E-state index in [0.717, 1.165) is 26.0 Å². The number of nitrogens with zero attached hydrogens (tertiary/aromatic N) is 2. The lowest BCUT2D eigenvalue weighted by Gasteiger charge is -2.37. The van der Waals surface area contributed by atoms with E-state index in [0.29, 0.717) is 12.6 Å². The summed E-state index contributed by atoms with van der Waals surface area (Å²) in [6, 6.07) is 0.347. The molecule has 2 saturated heterocycles. The number of carbonyl (C=O) groups excluding carboxylic acids is 1. The largest absolute Gasteiger partial charge is 0.448 e. The van der Waals surface area contributed by atoms with E-state index < -0.39 is 0 Å². The Kier molecular flexibility index (Phi) is 4.83. The number of ether oxygens (including phenoxy) is 2. The van der Waals surface area contributed by atoms with Gasteiger partial charge >= 0.3 is 6.09 Å². The first-order valence-corrected chi connectivity index (χ1v) is 7.98. The zero-order valence-electron chi connectivity index (χ0n) is 14.1. The topological polar surface area (TPSA) is 42.0 Å². The number of rotatable bonds is 4. The molecule has 21 heavy (non-hydrogen) atoms. The highest BCUT2D eigenvalue weighted by Gasteiger charge is 2.49. The molecule has 0 unspecified atom stereocenters. The monoisotopic (exact) mass is 298 g/mol. The second-order valence-corrected chi connectivity index (χ2v) is 7.59. The van der Waals surface area contributed by atoms with Gasteiger partial charge in [-0.05, 0) is 53.0 Å². The minimum Gasteiger partial charge on any atom is -0.448 e. The maximum absolute atomic E-state index is 11.6. The molecule has 2 rings (SSSR count). The lowest BCUT2D eigenvalue weighted by Crippen LogP contribution is -2.48. The molecule has 122 valence electrons. The van der Waals surface area contributed by atoms with E-state index >= 15 is 0 Å². The van der Waals surface area contributed by atoms with Gasteiger partial charge in [-0.15, -0.1) is 0 Å². The highest BCUT2D eigenvalue weighted by molar-refractivity contribution is 5.66. The van der Waals surface area contributed by atoms with Crippen LogP contribution in [0, 0.1) is 0 Å². The van der Waals surface area contributed by atoms with Crippen LogP contribution in [0.1, 0.15) is 46.5 Å². The fourth-order valence-corrected chi connectivity index (χ4v) is 3.44. The molecule has 2 atom stereocenters. The first kappa shape index (κ1) is 16.6. The van der Waals surface area contributed by atoms with Crippen molar-refractivity contribution in [2.24, 2.45) is 0 Å². The zero-order chi connectivity index (χ0) is 15.7. The van der Waals surface area contributed by atoms with Gasteiger partial charge in [-0.2, -0.15) is 0 Å². The van der Waals surface area contributed by atoms with Crippen molar-refractivity contribution < 1.29 is 14.3 Å². The van der Waals surface area contributed by atoms with Gasteiger partial charge in [0.1, 0.15) is 6.61 Å². The summed E-state index contributed by atoms with van der Waals surface area (Å²) >= 11 is 0. The van der Waals surface area contributed by atoms with Crippen LogP contribution in [0.5, 0.6) is 0 Å². The van der Waals surface area contributed by atoms with Crippen molar-refractivity contribution in [1.82, 2.24) is 9.80 Å². The van der Waals surface area contributed by atoms with Crippen LogP contribution in [0.15, 0.2) is 0 Å². The van der Waals surface area contributed by atoms with Crippen molar-refractivity contribution in [2.75, 3.05) is 33.9 Å². The van der Waals surface area contributed by atoms with Gasteiger partial charge in [0, 0.05) is 25.7 Å². The highest BCUT2D eigenvalue weighted by atomic mass is 16.6. The van der Waals surface area contributed by atoms with Crippen LogP contribution >= 0.6 is 0 Å². The number of carbonyl (C=O) groups is 1. The summed E-state index contributed by atoms with van der Waals surface area (Å²) in [6.07, 6.45) is 4.39. The molecule has 0 N–H and O–H groups in total. The third-order valence-corrected chi connectivity index (χ3v) is 4.57. The molecule has 0 radical (unpaired) electrons. The van der Waals surface area contributed by atoms with Crippen molar-refractivity contribution in [3.05, 3.63) is 0 Å². The molecule has 0 spiro atoms. The van der Waals surface area contributed by atoms with Gasteiger partial charge in [0.25, 0.3) is 0 Å². The Morgan fingerprint density at radius 2 is 2.05 bits per heavy atom. The second-order valence-electron chi connectivity index (χ2n) is 7.59. The van der Waals surface area contributed by atoms with E-state index in [2.05, 4.69) is 25.7 Å². The van der Waals surface area contributed by atoms with E-state index in [1.807, 2.05) is 0 Å². The summed E-state index contributed by atoms with van der Waals surface area (Å²) in [6.45, 7) is 8.69. The first-order chi connectivity index (χ1) is 9.73. The standard InChI is InChI=1S/C16H30N2O3/c1-15(2,3)21-12-16-8-6-10-18(16)13(7-9-16)11-20-14(19)17(4)5/h13H,6-12H2,1-5H3/t13-,16-/m1/s1. The molecule has 2 aliphatic heterocycles. The summed E-state index contributed by atoms with van der Waals surface area (Å²) in [5, 5.41) is 0. The molecule has 0 aromatic heterocycles. The molecular weight excluding hydrogens is 268 g/mol. The summed E-state index contributed by atoms with van der Waals surface area (Å²) in [4.78, 5) is 15.6. The van der Waals surface area contributed by atoms with Crippen molar-refractivity contribution in [1.29, 1.82) is 0 Å². The summed E-state index contributed by atoms with van der Waals surface area (Å²) in [5.41, 5.74) is 0.0704. The van der Waals surface area contributed by atoms with Crippen LogP contribution in [0.2, 0.25) is 0 Å². The number of hydrogen-bond donors (Lipinski definition) is 0. The maximum atomic E-state index is 11.6. The fourth-order valence-electron chi connectivity index (χ4n) is 3.44. The molecular formula is C16H30N2O3. The van der Waals surface area contributed by atoms with E-state index in [1.165, 1.54) is 17.7 Å². The van der Waals surface area contributed by atoms with E-state index in [-0.39, 0.29) is 17.2 Å². The van der Waals surface area contributed by atoms with Crippen LogP contribution in [0.3, 0.4) is 0 Å². The number of hydrogen-bond acceptors (Lipinski definition) is 4. The van der Waals surface area contributed by atoms with Crippen LogP contribution in [-0.2, 0) is 9.47 Å². The Morgan fingerprint density at radius 1 is 1.33 bits per heavy atom. The van der Waals surface area contributed by atoms with Gasteiger partial charge in [-0.1, -0.05) is 0 Å². The van der Waals surface area contributed by atoms with Crippen LogP contribution < -0.4 is 0 Å². The Morgan fingerprint density at radius 3 is 2.67 bits per heavy atom. The van der Waals surface area contributed by atoms with Gasteiger partial charge in [-0.25, -0.2) is 4.79 Å². The minimum absolute atomic E-state index is 0.0987. The van der Waals surface area contributed by atoms with Gasteiger partial charge in [0.2, 0.25) is 0 Å². The fraction of sp³-hybridized carbons (Fsp3) is 0.938. The van der Waals surface area contributed by atoms with Gasteiger partial charge in [0.15, 0.2) is 0 Å². The highest BCUT2D eigenvalue weighted by Crippen LogP contribution is 2.43. The molecule has 2 heterocycles. The van der Waals surface area contributed by atoms with Crippen LogP contribution in [0.4, 0.5) is 4.79 Å². The van der Waals surface area contributed by atoms with Gasteiger partial charge in [0.05, 0.1) is 12.2 Å². The van der Waals surface area contributed by atoms with E-state index in [9.17, 15) is 4.79 Å². The molecule has 0 bridgehead atoms. The van der Waals surface area contributed by atoms with Crippen molar-refractivity contribution in [3.63, 3.8) is 0 Å². The lowest BCUT2D eigenvalue weighted by molar-refractivity contribution is -0.0593. The first-order valence-electron chi connectivity index (χ1n) is 7.98. The lowest BCUT2D eigenvalue weighted by atomic mass is 9.95. The van der Waals surface area contributed by atoms with Crippen molar-refractivity contribution >= 4 is 6.09 Å². The Hall–Kier alpha value is -0.810. The normalized spacial score (nSPS) is 29.5. The molecule has 0 aromatic carbocycles.